The minimum Gasteiger partial charge on any atom is -0.483 e. The Labute approximate surface area is 255 Å². The van der Waals surface area contributed by atoms with Crippen LogP contribution in [0.5, 0.6) is 5.75 Å². The topological polar surface area (TPSA) is 105 Å². The second-order valence-electron chi connectivity index (χ2n) is 9.20. The van der Waals surface area contributed by atoms with Gasteiger partial charge in [-0.2, -0.15) is 5.10 Å². The number of benzene rings is 4. The van der Waals surface area contributed by atoms with Crippen molar-refractivity contribution in [3.63, 3.8) is 0 Å². The monoisotopic (exact) mass is 639 g/mol. The molecule has 0 atom stereocenters. The standard InChI is InChI=1S/C32H26BrN5O3S/c1-21-7-14-26(15-8-21)35-30(39)19-41-29-16-9-22(17-27(29)33)18-34-38-31(40)24-12-10-23(11-13-24)28-20-42-32(37-28)36-25-5-3-2-4-6-25/h2-18,20H,19H2,1H3,(H,35,39)(H,36,37)(H,38,40)/b34-18+. The molecule has 1 aromatic heterocycles. The average molecular weight is 641 g/mol. The van der Waals surface area contributed by atoms with E-state index in [9.17, 15) is 9.59 Å². The number of aryl methyl sites for hydroxylation is 1. The van der Waals surface area contributed by atoms with Crippen LogP contribution in [0.15, 0.2) is 112 Å². The Kier molecular flexibility index (Phi) is 9.37. The van der Waals surface area contributed by atoms with Crippen LogP contribution in [0, 0.1) is 6.92 Å². The molecule has 0 aliphatic carbocycles. The van der Waals surface area contributed by atoms with Crippen molar-refractivity contribution >= 4 is 61.8 Å². The van der Waals surface area contributed by atoms with Crippen molar-refractivity contribution in [1.82, 2.24) is 10.4 Å². The summed E-state index contributed by atoms with van der Waals surface area (Å²) in [4.78, 5) is 29.4. The molecule has 8 nitrogen and oxygen atoms in total. The Bertz CT molecular complexity index is 1700. The van der Waals surface area contributed by atoms with Gasteiger partial charge in [-0.05, 0) is 83.0 Å². The quantitative estimate of drug-likeness (QED) is 0.109. The lowest BCUT2D eigenvalue weighted by atomic mass is 10.1. The van der Waals surface area contributed by atoms with E-state index in [-0.39, 0.29) is 18.4 Å². The Morgan fingerprint density at radius 2 is 1.71 bits per heavy atom. The van der Waals surface area contributed by atoms with Gasteiger partial charge in [-0.15, -0.1) is 11.3 Å². The average Bonchev–Trinajstić information content (AvgIpc) is 3.47. The highest BCUT2D eigenvalue weighted by molar-refractivity contribution is 9.10. The van der Waals surface area contributed by atoms with Crippen LogP contribution >= 0.6 is 27.3 Å². The van der Waals surface area contributed by atoms with Crippen molar-refractivity contribution in [3.05, 3.63) is 124 Å². The molecule has 0 aliphatic rings. The number of rotatable bonds is 10. The second kappa shape index (κ2) is 13.7. The summed E-state index contributed by atoms with van der Waals surface area (Å²) in [5, 5.41) is 12.9. The molecule has 0 fully saturated rings. The summed E-state index contributed by atoms with van der Waals surface area (Å²) in [6.45, 7) is 1.85. The first-order valence-electron chi connectivity index (χ1n) is 12.9. The van der Waals surface area contributed by atoms with E-state index in [2.05, 4.69) is 42.1 Å². The molecule has 0 aliphatic heterocycles. The highest BCUT2D eigenvalue weighted by atomic mass is 79.9. The van der Waals surface area contributed by atoms with Gasteiger partial charge in [0.15, 0.2) is 11.7 Å². The third-order valence-corrected chi connectivity index (χ3v) is 7.38. The number of anilines is 3. The molecule has 5 aromatic rings. The van der Waals surface area contributed by atoms with Gasteiger partial charge in [0.25, 0.3) is 11.8 Å². The van der Waals surface area contributed by atoms with E-state index in [1.807, 2.05) is 79.0 Å². The van der Waals surface area contributed by atoms with Crippen LogP contribution in [0.1, 0.15) is 21.5 Å². The normalized spacial score (nSPS) is 10.8. The maximum absolute atomic E-state index is 12.6. The van der Waals surface area contributed by atoms with E-state index >= 15 is 0 Å². The fourth-order valence-corrected chi connectivity index (χ4v) is 5.07. The van der Waals surface area contributed by atoms with Crippen molar-refractivity contribution in [2.75, 3.05) is 17.2 Å². The molecule has 210 valence electrons. The summed E-state index contributed by atoms with van der Waals surface area (Å²) in [7, 11) is 0. The van der Waals surface area contributed by atoms with Crippen LogP contribution in [-0.2, 0) is 4.79 Å². The van der Waals surface area contributed by atoms with Gasteiger partial charge in [-0.3, -0.25) is 9.59 Å². The first-order chi connectivity index (χ1) is 20.4. The molecule has 4 aromatic carbocycles. The van der Waals surface area contributed by atoms with Gasteiger partial charge < -0.3 is 15.4 Å². The molecule has 42 heavy (non-hydrogen) atoms. The summed E-state index contributed by atoms with van der Waals surface area (Å²) < 4.78 is 6.29. The SMILES string of the molecule is Cc1ccc(NC(=O)COc2ccc(/C=N/NC(=O)c3ccc(-c4csc(Nc5ccccc5)n4)cc3)cc2Br)cc1. The minimum absolute atomic E-state index is 0.136. The molecule has 0 radical (unpaired) electrons. The molecule has 1 heterocycles. The Hall–Kier alpha value is -4.80. The number of hydrogen-bond donors (Lipinski definition) is 3. The predicted molar refractivity (Wildman–Crippen MR) is 172 cm³/mol. The summed E-state index contributed by atoms with van der Waals surface area (Å²) in [6.07, 6.45) is 1.53. The van der Waals surface area contributed by atoms with Gasteiger partial charge in [-0.1, -0.05) is 48.0 Å². The lowest BCUT2D eigenvalue weighted by Crippen LogP contribution is -2.20. The largest absolute Gasteiger partial charge is 0.483 e. The number of ether oxygens (including phenoxy) is 1. The summed E-state index contributed by atoms with van der Waals surface area (Å²) in [6, 6.07) is 29.9. The van der Waals surface area contributed by atoms with Crippen molar-refractivity contribution in [2.45, 2.75) is 6.92 Å². The molecule has 0 unspecified atom stereocenters. The number of carbonyl (C=O) groups is 2. The van der Waals surface area contributed by atoms with Crippen molar-refractivity contribution < 1.29 is 14.3 Å². The van der Waals surface area contributed by atoms with Crippen molar-refractivity contribution in [3.8, 4) is 17.0 Å². The number of nitrogens with zero attached hydrogens (tertiary/aromatic N) is 2. The molecule has 5 rings (SSSR count). The Morgan fingerprint density at radius 3 is 2.45 bits per heavy atom. The van der Waals surface area contributed by atoms with Gasteiger partial charge in [0, 0.05) is 27.9 Å². The number of carbonyl (C=O) groups excluding carboxylic acids is 2. The number of thiazole rings is 1. The third-order valence-electron chi connectivity index (χ3n) is 6.00. The van der Waals surface area contributed by atoms with Crippen molar-refractivity contribution in [2.24, 2.45) is 5.10 Å². The lowest BCUT2D eigenvalue weighted by Gasteiger charge is -2.09. The van der Waals surface area contributed by atoms with Gasteiger partial charge in [0.05, 0.1) is 16.4 Å². The van der Waals surface area contributed by atoms with Crippen LogP contribution < -0.4 is 20.8 Å². The van der Waals surface area contributed by atoms with Crippen LogP contribution in [0.3, 0.4) is 0 Å². The number of aromatic nitrogens is 1. The van der Waals surface area contributed by atoms with Crippen LogP contribution in [0.4, 0.5) is 16.5 Å². The third kappa shape index (κ3) is 7.90. The number of nitrogens with one attached hydrogen (secondary N) is 3. The molecule has 3 N–H and O–H groups in total. The Morgan fingerprint density at radius 1 is 0.952 bits per heavy atom. The van der Waals surface area contributed by atoms with E-state index in [1.165, 1.54) is 17.6 Å². The number of hydrogen-bond acceptors (Lipinski definition) is 7. The molecule has 2 amide bonds. The van der Waals surface area contributed by atoms with E-state index in [0.717, 1.165) is 33.2 Å². The fourth-order valence-electron chi connectivity index (χ4n) is 3.82. The molecular formula is C32H26BrN5O3S. The number of hydrazone groups is 1. The van der Waals surface area contributed by atoms with E-state index in [4.69, 9.17) is 4.74 Å². The van der Waals surface area contributed by atoms with Gasteiger partial charge in [0.1, 0.15) is 5.75 Å². The van der Waals surface area contributed by atoms with Gasteiger partial charge in [-0.25, -0.2) is 10.4 Å². The van der Waals surface area contributed by atoms with Crippen LogP contribution in [-0.4, -0.2) is 29.6 Å². The summed E-state index contributed by atoms with van der Waals surface area (Å²) in [5.41, 5.74) is 8.29. The second-order valence-corrected chi connectivity index (χ2v) is 10.9. The van der Waals surface area contributed by atoms with Crippen LogP contribution in [0.2, 0.25) is 0 Å². The molecule has 10 heteroatoms. The molecule has 0 saturated heterocycles. The zero-order chi connectivity index (χ0) is 29.3. The molecule has 0 spiro atoms. The van der Waals surface area contributed by atoms with Crippen molar-refractivity contribution in [1.29, 1.82) is 0 Å². The van der Waals surface area contributed by atoms with Gasteiger partial charge >= 0.3 is 0 Å². The first kappa shape index (κ1) is 28.7. The lowest BCUT2D eigenvalue weighted by molar-refractivity contribution is -0.118. The predicted octanol–water partition coefficient (Wildman–Crippen LogP) is 7.41. The summed E-state index contributed by atoms with van der Waals surface area (Å²) in [5.74, 6) is -0.0805. The zero-order valence-electron chi connectivity index (χ0n) is 22.5. The highest BCUT2D eigenvalue weighted by Gasteiger charge is 2.09. The molecule has 0 saturated carbocycles. The van der Waals surface area contributed by atoms with E-state index in [0.29, 0.717) is 21.5 Å². The van der Waals surface area contributed by atoms with E-state index in [1.54, 1.807) is 30.3 Å². The fraction of sp³-hybridized carbons (Fsp3) is 0.0625. The smallest absolute Gasteiger partial charge is 0.271 e. The van der Waals surface area contributed by atoms with E-state index < -0.39 is 0 Å². The summed E-state index contributed by atoms with van der Waals surface area (Å²) >= 11 is 4.97. The maximum atomic E-state index is 12.6. The molecule has 0 bridgehead atoms. The van der Waals surface area contributed by atoms with Gasteiger partial charge in [0.2, 0.25) is 0 Å². The zero-order valence-corrected chi connectivity index (χ0v) is 24.9. The first-order valence-corrected chi connectivity index (χ1v) is 14.6. The number of halogens is 1. The minimum atomic E-state index is -0.332. The number of para-hydroxylation sites is 1. The number of amides is 2. The van der Waals surface area contributed by atoms with Crippen LogP contribution in [0.25, 0.3) is 11.3 Å². The maximum Gasteiger partial charge on any atom is 0.271 e. The Balaban J connectivity index is 1.10. The molecular weight excluding hydrogens is 614 g/mol. The highest BCUT2D eigenvalue weighted by Crippen LogP contribution is 2.28.